The zero-order valence-corrected chi connectivity index (χ0v) is 34.4. The number of ether oxygens (including phenoxy) is 3. The van der Waals surface area contributed by atoms with Crippen molar-refractivity contribution in [3.8, 4) is 0 Å². The van der Waals surface area contributed by atoms with Crippen molar-refractivity contribution in [2.45, 2.75) is 123 Å². The van der Waals surface area contributed by atoms with Gasteiger partial charge in [-0.2, -0.15) is 0 Å². The number of carbonyl (C=O) groups is 1. The van der Waals surface area contributed by atoms with Crippen LogP contribution in [0.1, 0.15) is 106 Å². The van der Waals surface area contributed by atoms with Crippen molar-refractivity contribution in [3.63, 3.8) is 0 Å². The van der Waals surface area contributed by atoms with E-state index in [1.165, 1.54) is 48.9 Å². The maximum absolute atomic E-state index is 12.5. The van der Waals surface area contributed by atoms with Crippen LogP contribution in [-0.4, -0.2) is 47.0 Å². The third-order valence-electron chi connectivity index (χ3n) is 14.5. The molecule has 0 amide bonds. The second-order valence-electron chi connectivity index (χ2n) is 18.1. The Morgan fingerprint density at radius 3 is 2.19 bits per heavy atom. The summed E-state index contributed by atoms with van der Waals surface area (Å²) in [6.07, 6.45) is 12.8. The fraction of sp³-hybridized carbons (Fsp3) is 0.630. The molecule has 6 heteroatoms. The Kier molecular flexibility index (Phi) is 11.8. The van der Waals surface area contributed by atoms with Crippen molar-refractivity contribution in [2.24, 2.45) is 40.4 Å². The average molecular weight is 727 g/mol. The zero-order valence-electron chi connectivity index (χ0n) is 33.4. The summed E-state index contributed by atoms with van der Waals surface area (Å²) in [4.78, 5) is 12.5. The lowest BCUT2D eigenvalue weighted by Gasteiger charge is -2.59. The van der Waals surface area contributed by atoms with E-state index in [4.69, 9.17) is 18.6 Å². The van der Waals surface area contributed by atoms with E-state index >= 15 is 0 Å². The molecule has 9 atom stereocenters. The molecule has 4 aliphatic carbocycles. The van der Waals surface area contributed by atoms with Crippen LogP contribution in [-0.2, 0) is 23.4 Å². The van der Waals surface area contributed by atoms with E-state index in [1.807, 2.05) is 6.92 Å². The summed E-state index contributed by atoms with van der Waals surface area (Å²) in [6, 6.07) is 22.3. The van der Waals surface area contributed by atoms with Crippen molar-refractivity contribution in [1.29, 1.82) is 0 Å². The standard InChI is InChI=1S/C46H66O5Si/c1-10-49-43(47)32(2)29-42(50-31-48-9)33(3)39-23-24-40-38-22-21-34-30-35(25-27-45(34,7)41(38)26-28-46(39,40)8)51-52(44(4,5)6,36-17-13-11-14-18-36)37-19-15-12-16-20-37/h11-21,33,35,38-42H,2,10,22-31H2,1,3-9H3/t33-,35-,38-,39+,40-,41-,42-,45-,46+/m0/s1. The smallest absolute Gasteiger partial charge is 0.333 e. The summed E-state index contributed by atoms with van der Waals surface area (Å²) < 4.78 is 24.6. The summed E-state index contributed by atoms with van der Waals surface area (Å²) in [7, 11) is -0.950. The van der Waals surface area contributed by atoms with E-state index in [2.05, 4.69) is 115 Å². The van der Waals surface area contributed by atoms with Gasteiger partial charge in [0.05, 0.1) is 12.7 Å². The predicted molar refractivity (Wildman–Crippen MR) is 214 cm³/mol. The fourth-order valence-electron chi connectivity index (χ4n) is 11.9. The first-order chi connectivity index (χ1) is 24.8. The molecule has 6 rings (SSSR count). The highest BCUT2D eigenvalue weighted by Crippen LogP contribution is 2.67. The van der Waals surface area contributed by atoms with Gasteiger partial charge in [-0.05, 0) is 114 Å². The Morgan fingerprint density at radius 2 is 1.60 bits per heavy atom. The van der Waals surface area contributed by atoms with Crippen LogP contribution in [0.3, 0.4) is 0 Å². The van der Waals surface area contributed by atoms with Crippen LogP contribution in [0.4, 0.5) is 0 Å². The number of hydrogen-bond acceptors (Lipinski definition) is 5. The average Bonchev–Trinajstić information content (AvgIpc) is 3.49. The van der Waals surface area contributed by atoms with Crippen LogP contribution in [0.25, 0.3) is 0 Å². The molecule has 2 aromatic rings. The summed E-state index contributed by atoms with van der Waals surface area (Å²) in [5, 5.41) is 2.72. The number of rotatable bonds is 13. The summed E-state index contributed by atoms with van der Waals surface area (Å²) >= 11 is 0. The molecule has 3 fully saturated rings. The second-order valence-corrected chi connectivity index (χ2v) is 22.4. The molecule has 0 radical (unpaired) electrons. The molecule has 0 heterocycles. The highest BCUT2D eigenvalue weighted by atomic mass is 28.4. The van der Waals surface area contributed by atoms with Gasteiger partial charge in [-0.3, -0.25) is 0 Å². The van der Waals surface area contributed by atoms with E-state index in [-0.39, 0.29) is 46.8 Å². The predicted octanol–water partition coefficient (Wildman–Crippen LogP) is 9.65. The van der Waals surface area contributed by atoms with Crippen molar-refractivity contribution in [3.05, 3.63) is 84.5 Å². The van der Waals surface area contributed by atoms with Gasteiger partial charge in [-0.15, -0.1) is 0 Å². The minimum absolute atomic E-state index is 0.0217. The molecule has 0 saturated heterocycles. The molecule has 0 aromatic heterocycles. The summed E-state index contributed by atoms with van der Waals surface area (Å²) in [5.41, 5.74) is 2.65. The monoisotopic (exact) mass is 726 g/mol. The van der Waals surface area contributed by atoms with Crippen LogP contribution in [0, 0.1) is 40.4 Å². The van der Waals surface area contributed by atoms with Gasteiger partial charge < -0.3 is 18.6 Å². The van der Waals surface area contributed by atoms with E-state index in [1.54, 1.807) is 12.7 Å². The van der Waals surface area contributed by atoms with E-state index < -0.39 is 8.32 Å². The van der Waals surface area contributed by atoms with Gasteiger partial charge in [0.15, 0.2) is 0 Å². The van der Waals surface area contributed by atoms with Crippen molar-refractivity contribution in [2.75, 3.05) is 20.5 Å². The Labute approximate surface area is 316 Å². The van der Waals surface area contributed by atoms with Crippen LogP contribution < -0.4 is 10.4 Å². The first kappa shape index (κ1) is 39.2. The molecule has 3 saturated carbocycles. The second kappa shape index (κ2) is 15.7. The molecule has 4 aliphatic rings. The van der Waals surface area contributed by atoms with Gasteiger partial charge in [-0.1, -0.05) is 120 Å². The molecule has 0 N–H and O–H groups in total. The molecule has 2 aromatic carbocycles. The molecule has 0 unspecified atom stereocenters. The maximum atomic E-state index is 12.5. The van der Waals surface area contributed by atoms with Crippen LogP contribution >= 0.6 is 0 Å². The molecule has 5 nitrogen and oxygen atoms in total. The van der Waals surface area contributed by atoms with Gasteiger partial charge in [0.1, 0.15) is 6.79 Å². The Hall–Kier alpha value is -2.51. The number of fused-ring (bicyclic) bond motifs is 5. The van der Waals surface area contributed by atoms with Gasteiger partial charge in [-0.25, -0.2) is 4.79 Å². The molecular weight excluding hydrogens is 661 g/mol. The number of esters is 1. The SMILES string of the molecule is C=C(C[C@H](OCOC)[C@@H](C)[C@H]1CC[C@H]2[C@@H]3CC=C4C[C@@H](O[Si](c5ccccc5)(c5ccccc5)C(C)(C)C)CC[C@]4(C)[C@H]3CC[C@]12C)C(=O)OCC. The van der Waals surface area contributed by atoms with Gasteiger partial charge in [0.2, 0.25) is 0 Å². The minimum Gasteiger partial charge on any atom is -0.463 e. The molecule has 0 spiro atoms. The number of allylic oxidation sites excluding steroid dienone is 1. The Morgan fingerprint density at radius 1 is 0.942 bits per heavy atom. The van der Waals surface area contributed by atoms with Crippen LogP contribution in [0.15, 0.2) is 84.5 Å². The molecule has 0 bridgehead atoms. The van der Waals surface area contributed by atoms with E-state index in [0.717, 1.165) is 18.8 Å². The van der Waals surface area contributed by atoms with Crippen molar-refractivity contribution < 1.29 is 23.4 Å². The van der Waals surface area contributed by atoms with Gasteiger partial charge in [0.25, 0.3) is 8.32 Å². The van der Waals surface area contributed by atoms with Crippen LogP contribution in [0.2, 0.25) is 5.04 Å². The first-order valence-electron chi connectivity index (χ1n) is 20.2. The Balaban J connectivity index is 1.22. The van der Waals surface area contributed by atoms with Gasteiger partial charge >= 0.3 is 5.97 Å². The first-order valence-corrected chi connectivity index (χ1v) is 22.1. The number of carbonyl (C=O) groups excluding carboxylic acids is 1. The summed E-state index contributed by atoms with van der Waals surface area (Å²) in [6.45, 7) is 21.2. The molecule has 52 heavy (non-hydrogen) atoms. The highest BCUT2D eigenvalue weighted by Gasteiger charge is 2.60. The molecule has 0 aliphatic heterocycles. The lowest BCUT2D eigenvalue weighted by Crippen LogP contribution is -2.68. The Bertz CT molecular complexity index is 1520. The summed E-state index contributed by atoms with van der Waals surface area (Å²) in [5.74, 6) is 2.64. The third-order valence-corrected chi connectivity index (χ3v) is 19.6. The normalized spacial score (nSPS) is 31.4. The van der Waals surface area contributed by atoms with E-state index in [9.17, 15) is 4.79 Å². The number of hydrogen-bond donors (Lipinski definition) is 0. The largest absolute Gasteiger partial charge is 0.463 e. The lowest BCUT2D eigenvalue weighted by molar-refractivity contribution is -0.140. The quantitative estimate of drug-likeness (QED) is 0.0677. The molecule has 284 valence electrons. The lowest BCUT2D eigenvalue weighted by atomic mass is 9.47. The van der Waals surface area contributed by atoms with Crippen molar-refractivity contribution >= 4 is 24.7 Å². The molecular formula is C46H66O5Si. The third kappa shape index (κ3) is 7.07. The highest BCUT2D eigenvalue weighted by molar-refractivity contribution is 6.99. The number of methoxy groups -OCH3 is 1. The van der Waals surface area contributed by atoms with Crippen LogP contribution in [0.5, 0.6) is 0 Å². The topological polar surface area (TPSA) is 54.0 Å². The minimum atomic E-state index is -2.61. The van der Waals surface area contributed by atoms with Crippen molar-refractivity contribution in [1.82, 2.24) is 0 Å². The fourth-order valence-corrected chi connectivity index (χ4v) is 16.7. The van der Waals surface area contributed by atoms with E-state index in [0.29, 0.717) is 36.4 Å². The zero-order chi connectivity index (χ0) is 37.3. The number of benzene rings is 2. The maximum Gasteiger partial charge on any atom is 0.333 e. The van der Waals surface area contributed by atoms with Gasteiger partial charge in [0, 0.05) is 25.2 Å².